The normalized spacial score (nSPS) is 25.7. The molecule has 2 fully saturated rings. The highest BCUT2D eigenvalue weighted by Gasteiger charge is 2.57. The molecule has 2 heterocycles. The van der Waals surface area contributed by atoms with Crippen molar-refractivity contribution in [3.63, 3.8) is 0 Å². The van der Waals surface area contributed by atoms with Crippen LogP contribution in [0.5, 0.6) is 5.88 Å². The highest BCUT2D eigenvalue weighted by molar-refractivity contribution is 5.61. The van der Waals surface area contributed by atoms with Crippen LogP contribution in [0, 0.1) is 17.7 Å². The predicted octanol–water partition coefficient (Wildman–Crippen LogP) is 3.02. The summed E-state index contributed by atoms with van der Waals surface area (Å²) in [4.78, 5) is 7.00. The van der Waals surface area contributed by atoms with Gasteiger partial charge < -0.3 is 15.4 Å². The maximum Gasteiger partial charge on any atom is 0.214 e. The number of rotatable bonds is 4. The number of piperidine rings is 1. The molecule has 1 aliphatic heterocycles. The van der Waals surface area contributed by atoms with Crippen LogP contribution in [0.25, 0.3) is 11.3 Å². The number of likely N-dealkylation sites (tertiary alicyclic amines) is 1. The molecule has 0 spiro atoms. The zero-order chi connectivity index (χ0) is 17.8. The summed E-state index contributed by atoms with van der Waals surface area (Å²) >= 11 is 0. The van der Waals surface area contributed by atoms with Crippen LogP contribution in [-0.2, 0) is 5.54 Å². The van der Waals surface area contributed by atoms with E-state index in [2.05, 4.69) is 16.9 Å². The minimum Gasteiger partial charge on any atom is -0.474 e. The van der Waals surface area contributed by atoms with E-state index >= 15 is 0 Å². The Morgan fingerprint density at radius 3 is 2.40 bits per heavy atom. The zero-order valence-electron chi connectivity index (χ0n) is 14.9. The van der Waals surface area contributed by atoms with Crippen LogP contribution >= 0.6 is 0 Å². The number of benzene rings is 1. The second-order valence-electron chi connectivity index (χ2n) is 7.94. The molecule has 1 aromatic heterocycles. The summed E-state index contributed by atoms with van der Waals surface area (Å²) in [5, 5.41) is 0. The lowest BCUT2D eigenvalue weighted by Gasteiger charge is -2.21. The molecular formula is C20H24FN3O. The molecule has 4 nitrogen and oxygen atoms in total. The van der Waals surface area contributed by atoms with Gasteiger partial charge in [-0.1, -0.05) is 0 Å². The third-order valence-electron chi connectivity index (χ3n) is 5.24. The number of ether oxygens (including phenoxy) is 1. The summed E-state index contributed by atoms with van der Waals surface area (Å²) < 4.78 is 19.4. The van der Waals surface area contributed by atoms with Gasteiger partial charge in [0, 0.05) is 42.1 Å². The fraction of sp³-hybridized carbons (Fsp3) is 0.450. The molecule has 1 unspecified atom stereocenters. The predicted molar refractivity (Wildman–Crippen MR) is 95.7 cm³/mol. The Morgan fingerprint density at radius 1 is 1.16 bits per heavy atom. The Kier molecular flexibility index (Phi) is 3.81. The highest BCUT2D eigenvalue weighted by atomic mass is 19.1. The zero-order valence-corrected chi connectivity index (χ0v) is 14.9. The van der Waals surface area contributed by atoms with Gasteiger partial charge in [-0.3, -0.25) is 0 Å². The van der Waals surface area contributed by atoms with Crippen molar-refractivity contribution in [2.45, 2.75) is 25.5 Å². The van der Waals surface area contributed by atoms with E-state index in [4.69, 9.17) is 10.5 Å². The third-order valence-corrected chi connectivity index (χ3v) is 5.24. The molecular weight excluding hydrogens is 317 g/mol. The van der Waals surface area contributed by atoms with Gasteiger partial charge in [-0.2, -0.15) is 0 Å². The summed E-state index contributed by atoms with van der Waals surface area (Å²) in [6.07, 6.45) is 0.251. The van der Waals surface area contributed by atoms with E-state index in [0.29, 0.717) is 17.7 Å². The van der Waals surface area contributed by atoms with Crippen LogP contribution in [0.1, 0.15) is 19.4 Å². The van der Waals surface area contributed by atoms with Crippen molar-refractivity contribution in [1.29, 1.82) is 0 Å². The maximum absolute atomic E-state index is 13.2. The Balaban J connectivity index is 1.64. The van der Waals surface area contributed by atoms with Gasteiger partial charge in [0.15, 0.2) is 0 Å². The molecule has 1 saturated heterocycles. The first-order chi connectivity index (χ1) is 11.8. The molecule has 2 N–H and O–H groups in total. The molecule has 25 heavy (non-hydrogen) atoms. The second-order valence-corrected chi connectivity index (χ2v) is 7.94. The molecule has 1 saturated carbocycles. The Morgan fingerprint density at radius 2 is 1.80 bits per heavy atom. The Hall–Kier alpha value is -1.98. The number of nitrogens with two attached hydrogens (primary N) is 1. The maximum atomic E-state index is 13.2. The quantitative estimate of drug-likeness (QED) is 0.929. The first-order valence-corrected chi connectivity index (χ1v) is 8.74. The van der Waals surface area contributed by atoms with Crippen LogP contribution < -0.4 is 10.5 Å². The van der Waals surface area contributed by atoms with Crippen LogP contribution in [-0.4, -0.2) is 36.1 Å². The van der Waals surface area contributed by atoms with Gasteiger partial charge in [0.05, 0.1) is 5.69 Å². The van der Waals surface area contributed by atoms with E-state index in [9.17, 15) is 4.39 Å². The highest BCUT2D eigenvalue weighted by Crippen LogP contribution is 2.47. The molecule has 132 valence electrons. The van der Waals surface area contributed by atoms with Crippen molar-refractivity contribution in [2.24, 2.45) is 17.6 Å². The smallest absolute Gasteiger partial charge is 0.214 e. The van der Waals surface area contributed by atoms with E-state index in [1.807, 2.05) is 26.0 Å². The van der Waals surface area contributed by atoms with Gasteiger partial charge in [-0.05, 0) is 56.8 Å². The van der Waals surface area contributed by atoms with E-state index in [-0.39, 0.29) is 11.9 Å². The van der Waals surface area contributed by atoms with Crippen molar-refractivity contribution in [3.05, 3.63) is 47.8 Å². The minimum atomic E-state index is -0.504. The number of aromatic nitrogens is 1. The van der Waals surface area contributed by atoms with E-state index < -0.39 is 5.54 Å². The first kappa shape index (κ1) is 16.5. The molecule has 0 bridgehead atoms. The van der Waals surface area contributed by atoms with Gasteiger partial charge in [0.2, 0.25) is 5.88 Å². The summed E-state index contributed by atoms with van der Waals surface area (Å²) in [7, 11) is 2.14. The van der Waals surface area contributed by atoms with Crippen molar-refractivity contribution < 1.29 is 9.13 Å². The summed E-state index contributed by atoms with van der Waals surface area (Å²) in [5.74, 6) is 1.56. The van der Waals surface area contributed by atoms with Crippen LogP contribution in [0.2, 0.25) is 0 Å². The van der Waals surface area contributed by atoms with Crippen molar-refractivity contribution in [1.82, 2.24) is 9.88 Å². The van der Waals surface area contributed by atoms with Crippen molar-refractivity contribution in [2.75, 3.05) is 20.1 Å². The molecule has 4 rings (SSSR count). The molecule has 5 heteroatoms. The van der Waals surface area contributed by atoms with Crippen molar-refractivity contribution >= 4 is 0 Å². The lowest BCUT2D eigenvalue weighted by atomic mass is 9.95. The topological polar surface area (TPSA) is 51.4 Å². The average molecular weight is 341 g/mol. The standard InChI is InChI=1S/C20H24FN3O/c1-20(2,22)13-8-17(12-4-6-14(21)7-5-12)23-18(9-13)25-19-15-10-24(3)11-16(15)19/h4-9,15-16,19H,10-11,22H2,1-3H3/t15-,16+,19?. The average Bonchev–Trinajstić information content (AvgIpc) is 3.00. The number of hydrogen-bond acceptors (Lipinski definition) is 4. The molecule has 0 amide bonds. The van der Waals surface area contributed by atoms with Gasteiger partial charge >= 0.3 is 0 Å². The number of hydrogen-bond donors (Lipinski definition) is 1. The van der Waals surface area contributed by atoms with Crippen LogP contribution in [0.15, 0.2) is 36.4 Å². The fourth-order valence-corrected chi connectivity index (χ4v) is 3.70. The van der Waals surface area contributed by atoms with E-state index in [1.54, 1.807) is 12.1 Å². The summed E-state index contributed by atoms with van der Waals surface area (Å²) in [5.41, 5.74) is 8.37. The molecule has 2 aromatic rings. The molecule has 0 radical (unpaired) electrons. The largest absolute Gasteiger partial charge is 0.474 e. The molecule has 3 atom stereocenters. The number of fused-ring (bicyclic) bond motifs is 1. The van der Waals surface area contributed by atoms with Crippen LogP contribution in [0.4, 0.5) is 4.39 Å². The molecule has 2 aliphatic rings. The lowest BCUT2D eigenvalue weighted by Crippen LogP contribution is -2.29. The Bertz CT molecular complexity index is 773. The SMILES string of the molecule is CN1C[C@@H]2C(Oc3cc(C(C)(C)N)cc(-c4ccc(F)cc4)n3)[C@@H]2C1. The fourth-order valence-electron chi connectivity index (χ4n) is 3.70. The first-order valence-electron chi connectivity index (χ1n) is 8.74. The van der Waals surface area contributed by atoms with Gasteiger partial charge in [0.25, 0.3) is 0 Å². The van der Waals surface area contributed by atoms with Gasteiger partial charge in [-0.25, -0.2) is 9.37 Å². The van der Waals surface area contributed by atoms with Gasteiger partial charge in [-0.15, -0.1) is 0 Å². The molecule has 1 aromatic carbocycles. The number of halogens is 1. The Labute approximate surface area is 147 Å². The summed E-state index contributed by atoms with van der Waals surface area (Å²) in [6, 6.07) is 10.2. The van der Waals surface area contributed by atoms with Crippen molar-refractivity contribution in [3.8, 4) is 17.1 Å². The van der Waals surface area contributed by atoms with E-state index in [1.165, 1.54) is 12.1 Å². The minimum absolute atomic E-state index is 0.251. The second kappa shape index (κ2) is 5.78. The monoisotopic (exact) mass is 341 g/mol. The van der Waals surface area contributed by atoms with Gasteiger partial charge in [0.1, 0.15) is 11.9 Å². The lowest BCUT2D eigenvalue weighted by molar-refractivity contribution is 0.216. The third kappa shape index (κ3) is 3.26. The van der Waals surface area contributed by atoms with Crippen LogP contribution in [0.3, 0.4) is 0 Å². The number of nitrogens with zero attached hydrogens (tertiary/aromatic N) is 2. The molecule has 1 aliphatic carbocycles. The van der Waals surface area contributed by atoms with E-state index in [0.717, 1.165) is 29.9 Å². The summed E-state index contributed by atoms with van der Waals surface area (Å²) in [6.45, 7) is 6.09. The number of pyridine rings is 1.